The molecule has 1 amide bonds. The maximum absolute atomic E-state index is 11.7. The minimum absolute atomic E-state index is 0.211. The van der Waals surface area contributed by atoms with Crippen molar-refractivity contribution in [1.82, 2.24) is 24.3 Å². The Labute approximate surface area is 191 Å². The average molecular weight is 438 g/mol. The number of fused-ring (bicyclic) bond motifs is 1. The molecule has 1 aliphatic rings. The Morgan fingerprint density at radius 1 is 1.36 bits per heavy atom. The van der Waals surface area contributed by atoms with Crippen LogP contribution in [-0.4, -0.2) is 30.2 Å². The number of amides is 1. The van der Waals surface area contributed by atoms with Crippen molar-refractivity contribution in [2.24, 2.45) is 18.7 Å². The van der Waals surface area contributed by atoms with Gasteiger partial charge in [-0.25, -0.2) is 4.98 Å². The Balaban J connectivity index is 1.64. The molecule has 1 aromatic carbocycles. The molecule has 0 bridgehead atoms. The number of pyridine rings is 1. The first-order valence-electron chi connectivity index (χ1n) is 10.7. The van der Waals surface area contributed by atoms with Gasteiger partial charge in [0.1, 0.15) is 17.8 Å². The highest BCUT2D eigenvalue weighted by Crippen LogP contribution is 2.53. The SMILES string of the molecule is C=Cc1cc(C(N)=O)nc2ccn(-c3cccc(C4(c5nncn5C)CC(CC#N)C4)c3)c12. The van der Waals surface area contributed by atoms with Gasteiger partial charge in [0.25, 0.3) is 5.91 Å². The minimum Gasteiger partial charge on any atom is -0.364 e. The maximum Gasteiger partial charge on any atom is 0.267 e. The fourth-order valence-corrected chi connectivity index (χ4v) is 5.09. The third-order valence-corrected chi connectivity index (χ3v) is 6.61. The topological polar surface area (TPSA) is 115 Å². The highest BCUT2D eigenvalue weighted by atomic mass is 16.1. The number of hydrogen-bond donors (Lipinski definition) is 1. The molecule has 0 atom stereocenters. The minimum atomic E-state index is -0.572. The summed E-state index contributed by atoms with van der Waals surface area (Å²) in [6, 6.07) is 14.2. The second-order valence-corrected chi connectivity index (χ2v) is 8.62. The summed E-state index contributed by atoms with van der Waals surface area (Å²) in [5, 5.41) is 17.7. The molecule has 164 valence electrons. The zero-order valence-corrected chi connectivity index (χ0v) is 18.3. The van der Waals surface area contributed by atoms with Crippen LogP contribution in [-0.2, 0) is 12.5 Å². The number of nitrogens with zero attached hydrogens (tertiary/aromatic N) is 6. The van der Waals surface area contributed by atoms with Gasteiger partial charge in [-0.3, -0.25) is 4.79 Å². The van der Waals surface area contributed by atoms with Crippen molar-refractivity contribution in [3.63, 3.8) is 0 Å². The maximum atomic E-state index is 11.7. The first-order chi connectivity index (χ1) is 16.0. The lowest BCUT2D eigenvalue weighted by Crippen LogP contribution is -2.44. The van der Waals surface area contributed by atoms with Crippen LogP contribution in [0.5, 0.6) is 0 Å². The molecule has 4 aromatic rings. The molecule has 3 heterocycles. The molecule has 0 radical (unpaired) electrons. The van der Waals surface area contributed by atoms with Crippen LogP contribution in [0.15, 0.2) is 55.5 Å². The Morgan fingerprint density at radius 2 is 2.18 bits per heavy atom. The van der Waals surface area contributed by atoms with Crippen molar-refractivity contribution in [3.8, 4) is 11.8 Å². The molecular formula is C25H23N7O. The average Bonchev–Trinajstić information content (AvgIpc) is 3.42. The summed E-state index contributed by atoms with van der Waals surface area (Å²) in [6.07, 6.45) is 7.60. The molecule has 0 saturated heterocycles. The van der Waals surface area contributed by atoms with Crippen molar-refractivity contribution in [2.75, 3.05) is 0 Å². The molecule has 33 heavy (non-hydrogen) atoms. The number of nitriles is 1. The van der Waals surface area contributed by atoms with E-state index in [4.69, 9.17) is 5.73 Å². The molecule has 3 aromatic heterocycles. The fraction of sp³-hybridized carbons (Fsp3) is 0.240. The predicted octanol–water partition coefficient (Wildman–Crippen LogP) is 3.51. The van der Waals surface area contributed by atoms with Crippen LogP contribution in [0.2, 0.25) is 0 Å². The van der Waals surface area contributed by atoms with Gasteiger partial charge in [-0.1, -0.05) is 24.8 Å². The van der Waals surface area contributed by atoms with Gasteiger partial charge in [-0.15, -0.1) is 10.2 Å². The van der Waals surface area contributed by atoms with Crippen molar-refractivity contribution < 1.29 is 4.79 Å². The number of hydrogen-bond acceptors (Lipinski definition) is 5. The highest BCUT2D eigenvalue weighted by molar-refractivity contribution is 5.96. The van der Waals surface area contributed by atoms with Crippen LogP contribution in [0.3, 0.4) is 0 Å². The van der Waals surface area contributed by atoms with Gasteiger partial charge < -0.3 is 14.9 Å². The lowest BCUT2D eigenvalue weighted by atomic mass is 9.57. The highest BCUT2D eigenvalue weighted by Gasteiger charge is 2.49. The molecule has 2 N–H and O–H groups in total. The Kier molecular flexibility index (Phi) is 4.82. The zero-order chi connectivity index (χ0) is 23.2. The molecule has 1 saturated carbocycles. The third kappa shape index (κ3) is 3.21. The van der Waals surface area contributed by atoms with E-state index in [1.165, 1.54) is 0 Å². The summed E-state index contributed by atoms with van der Waals surface area (Å²) in [7, 11) is 1.95. The molecule has 0 aliphatic heterocycles. The lowest BCUT2D eigenvalue weighted by Gasteiger charge is -2.46. The summed E-state index contributed by atoms with van der Waals surface area (Å²) in [4.78, 5) is 16.1. The Morgan fingerprint density at radius 3 is 2.85 bits per heavy atom. The Bertz CT molecular complexity index is 1430. The number of primary amides is 1. The second kappa shape index (κ2) is 7.71. The number of carbonyl (C=O) groups is 1. The summed E-state index contributed by atoms with van der Waals surface area (Å²) in [5.74, 6) is 0.676. The normalized spacial score (nSPS) is 19.7. The number of rotatable bonds is 6. The van der Waals surface area contributed by atoms with Crippen LogP contribution >= 0.6 is 0 Å². The number of aromatic nitrogens is 5. The fourth-order valence-electron chi connectivity index (χ4n) is 5.09. The quantitative estimate of drug-likeness (QED) is 0.496. The first kappa shape index (κ1) is 20.6. The summed E-state index contributed by atoms with van der Waals surface area (Å²) in [5.41, 5.74) is 9.78. The monoisotopic (exact) mass is 437 g/mol. The zero-order valence-electron chi connectivity index (χ0n) is 18.3. The van der Waals surface area contributed by atoms with E-state index in [1.54, 1.807) is 18.5 Å². The van der Waals surface area contributed by atoms with E-state index < -0.39 is 5.91 Å². The summed E-state index contributed by atoms with van der Waals surface area (Å²) >= 11 is 0. The lowest BCUT2D eigenvalue weighted by molar-refractivity contribution is 0.0996. The summed E-state index contributed by atoms with van der Waals surface area (Å²) in [6.45, 7) is 3.91. The molecule has 0 unspecified atom stereocenters. The molecule has 8 nitrogen and oxygen atoms in total. The molecule has 5 rings (SSSR count). The van der Waals surface area contributed by atoms with Crippen LogP contribution in [0.4, 0.5) is 0 Å². The van der Waals surface area contributed by atoms with Gasteiger partial charge in [0.15, 0.2) is 0 Å². The number of nitrogens with two attached hydrogens (primary N) is 1. The van der Waals surface area contributed by atoms with Crippen molar-refractivity contribution in [3.05, 3.63) is 78.1 Å². The first-order valence-corrected chi connectivity index (χ1v) is 10.7. The molecule has 8 heteroatoms. The molecule has 0 spiro atoms. The van der Waals surface area contributed by atoms with Gasteiger partial charge in [0.2, 0.25) is 0 Å². The number of carbonyl (C=O) groups excluding carboxylic acids is 1. The van der Waals surface area contributed by atoms with Crippen LogP contribution < -0.4 is 5.73 Å². The smallest absolute Gasteiger partial charge is 0.267 e. The summed E-state index contributed by atoms with van der Waals surface area (Å²) < 4.78 is 4.01. The van der Waals surface area contributed by atoms with E-state index in [0.29, 0.717) is 17.9 Å². The predicted molar refractivity (Wildman–Crippen MR) is 124 cm³/mol. The molecule has 1 fully saturated rings. The van der Waals surface area contributed by atoms with E-state index in [2.05, 4.69) is 40.0 Å². The van der Waals surface area contributed by atoms with Crippen molar-refractivity contribution in [1.29, 1.82) is 5.26 Å². The van der Waals surface area contributed by atoms with Gasteiger partial charge in [0, 0.05) is 30.9 Å². The van der Waals surface area contributed by atoms with Gasteiger partial charge >= 0.3 is 0 Å². The number of benzene rings is 1. The molecular weight excluding hydrogens is 414 g/mol. The third-order valence-electron chi connectivity index (χ3n) is 6.61. The number of aryl methyl sites for hydroxylation is 1. The second-order valence-electron chi connectivity index (χ2n) is 8.62. The van der Waals surface area contributed by atoms with Crippen LogP contribution in [0.1, 0.15) is 46.7 Å². The van der Waals surface area contributed by atoms with Gasteiger partial charge in [0.05, 0.1) is 22.5 Å². The van der Waals surface area contributed by atoms with Gasteiger partial charge in [-0.2, -0.15) is 5.26 Å². The molecule has 1 aliphatic carbocycles. The Hall–Kier alpha value is -4.25. The standard InChI is InChI=1S/C25H23N7O/c1-3-17-11-21(23(27)33)29-20-8-10-32(22(17)20)19-6-4-5-18(12-19)25(13-16(14-25)7-9-26)24-30-28-15-31(24)2/h3-6,8,10-12,15-16H,1,7,13-14H2,2H3,(H2,27,33). The largest absolute Gasteiger partial charge is 0.364 e. The van der Waals surface area contributed by atoms with E-state index in [1.807, 2.05) is 40.6 Å². The van der Waals surface area contributed by atoms with Crippen molar-refractivity contribution >= 4 is 23.0 Å². The van der Waals surface area contributed by atoms with Gasteiger partial charge in [-0.05, 0) is 48.6 Å². The van der Waals surface area contributed by atoms with E-state index in [0.717, 1.165) is 41.0 Å². The van der Waals surface area contributed by atoms with E-state index in [-0.39, 0.29) is 11.1 Å². The van der Waals surface area contributed by atoms with E-state index in [9.17, 15) is 10.1 Å². The van der Waals surface area contributed by atoms with Crippen LogP contribution in [0.25, 0.3) is 22.8 Å². The van der Waals surface area contributed by atoms with E-state index >= 15 is 0 Å². The van der Waals surface area contributed by atoms with Crippen LogP contribution in [0, 0.1) is 17.2 Å². The van der Waals surface area contributed by atoms with Crippen molar-refractivity contribution in [2.45, 2.75) is 24.7 Å².